The Labute approximate surface area is 124 Å². The molecule has 1 aliphatic heterocycles. The molecule has 5 heteroatoms. The predicted octanol–water partition coefficient (Wildman–Crippen LogP) is 2.21. The number of unbranched alkanes of at least 4 members (excludes halogenated alkanes) is 2. The molecule has 1 aliphatic rings. The zero-order chi connectivity index (χ0) is 15.5. The Morgan fingerprint density at radius 3 is 2.38 bits per heavy atom. The highest BCUT2D eigenvalue weighted by Crippen LogP contribution is 2.34. The monoisotopic (exact) mass is 288 g/mol. The second-order valence-electron chi connectivity index (χ2n) is 5.35. The van der Waals surface area contributed by atoms with Gasteiger partial charge in [0.15, 0.2) is 5.41 Å². The van der Waals surface area contributed by atoms with Crippen molar-refractivity contribution in [3.05, 3.63) is 35.9 Å². The normalized spacial score (nSPS) is 22.4. The van der Waals surface area contributed by atoms with Crippen molar-refractivity contribution in [2.45, 2.75) is 38.0 Å². The van der Waals surface area contributed by atoms with Crippen LogP contribution in [0.3, 0.4) is 0 Å². The van der Waals surface area contributed by atoms with Crippen LogP contribution in [-0.4, -0.2) is 29.8 Å². The second kappa shape index (κ2) is 6.08. The van der Waals surface area contributed by atoms with Crippen LogP contribution in [0.2, 0.25) is 0 Å². The number of hydrogen-bond donors (Lipinski definition) is 1. The summed E-state index contributed by atoms with van der Waals surface area (Å²) in [6.07, 6.45) is 3.10. The van der Waals surface area contributed by atoms with Gasteiger partial charge in [0, 0.05) is 7.05 Å². The van der Waals surface area contributed by atoms with Gasteiger partial charge in [0.1, 0.15) is 0 Å². The summed E-state index contributed by atoms with van der Waals surface area (Å²) in [7, 11) is 1.40. The van der Waals surface area contributed by atoms with Crippen molar-refractivity contribution < 1.29 is 14.4 Å². The minimum atomic E-state index is -1.29. The van der Waals surface area contributed by atoms with Crippen LogP contribution in [0.25, 0.3) is 0 Å². The summed E-state index contributed by atoms with van der Waals surface area (Å²) in [6.45, 7) is 2.06. The van der Waals surface area contributed by atoms with Crippen LogP contribution >= 0.6 is 0 Å². The summed E-state index contributed by atoms with van der Waals surface area (Å²) in [6, 6.07) is 8.32. The third kappa shape index (κ3) is 2.55. The summed E-state index contributed by atoms with van der Waals surface area (Å²) in [5.41, 5.74) is -0.651. The molecule has 0 aliphatic carbocycles. The molecule has 0 unspecified atom stereocenters. The minimum absolute atomic E-state index is 0.410. The molecular formula is C16H20N2O3. The van der Waals surface area contributed by atoms with Crippen LogP contribution in [0.5, 0.6) is 0 Å². The van der Waals surface area contributed by atoms with E-state index in [1.54, 1.807) is 24.3 Å². The van der Waals surface area contributed by atoms with Gasteiger partial charge in [-0.05, 0) is 12.0 Å². The van der Waals surface area contributed by atoms with Gasteiger partial charge < -0.3 is 0 Å². The topological polar surface area (TPSA) is 66.5 Å². The lowest BCUT2D eigenvalue weighted by Crippen LogP contribution is -2.64. The van der Waals surface area contributed by atoms with E-state index in [1.165, 1.54) is 7.05 Å². The van der Waals surface area contributed by atoms with Gasteiger partial charge in [-0.25, -0.2) is 4.79 Å². The van der Waals surface area contributed by atoms with E-state index >= 15 is 0 Å². The number of hydrogen-bond acceptors (Lipinski definition) is 3. The largest absolute Gasteiger partial charge is 0.330 e. The van der Waals surface area contributed by atoms with E-state index < -0.39 is 23.3 Å². The van der Waals surface area contributed by atoms with Crippen LogP contribution in [0.15, 0.2) is 30.3 Å². The molecule has 0 bridgehead atoms. The molecule has 1 heterocycles. The van der Waals surface area contributed by atoms with E-state index in [2.05, 4.69) is 12.2 Å². The summed E-state index contributed by atoms with van der Waals surface area (Å²) in [5, 5.41) is 2.30. The van der Waals surface area contributed by atoms with Gasteiger partial charge in [0.25, 0.3) is 5.91 Å². The first kappa shape index (κ1) is 15.2. The van der Waals surface area contributed by atoms with Crippen molar-refractivity contribution in [1.29, 1.82) is 0 Å². The molecule has 21 heavy (non-hydrogen) atoms. The van der Waals surface area contributed by atoms with Crippen LogP contribution in [0.4, 0.5) is 4.79 Å². The fourth-order valence-electron chi connectivity index (χ4n) is 2.75. The van der Waals surface area contributed by atoms with Crippen molar-refractivity contribution in [3.63, 3.8) is 0 Å². The Bertz CT molecular complexity index is 556. The molecule has 1 atom stereocenters. The molecule has 1 aromatic rings. The number of carbonyl (C=O) groups is 3. The first-order valence-electron chi connectivity index (χ1n) is 7.23. The fourth-order valence-corrected chi connectivity index (χ4v) is 2.75. The van der Waals surface area contributed by atoms with E-state index in [0.717, 1.165) is 24.2 Å². The number of nitrogens with zero attached hydrogens (tertiary/aromatic N) is 1. The third-order valence-electron chi connectivity index (χ3n) is 4.00. The molecular weight excluding hydrogens is 268 g/mol. The molecule has 112 valence electrons. The number of carbonyl (C=O) groups excluding carboxylic acids is 3. The first-order chi connectivity index (χ1) is 10.0. The summed E-state index contributed by atoms with van der Waals surface area (Å²) in [5.74, 6) is -0.962. The van der Waals surface area contributed by atoms with Gasteiger partial charge in [0.05, 0.1) is 0 Å². The lowest BCUT2D eigenvalue weighted by Gasteiger charge is -2.38. The smallest absolute Gasteiger partial charge is 0.276 e. The molecule has 1 N–H and O–H groups in total. The quantitative estimate of drug-likeness (QED) is 0.667. The van der Waals surface area contributed by atoms with Gasteiger partial charge in [-0.2, -0.15) is 0 Å². The van der Waals surface area contributed by atoms with Crippen molar-refractivity contribution in [1.82, 2.24) is 10.2 Å². The van der Waals surface area contributed by atoms with Crippen LogP contribution in [0, 0.1) is 0 Å². The zero-order valence-electron chi connectivity index (χ0n) is 12.4. The molecule has 1 saturated heterocycles. The Kier molecular flexibility index (Phi) is 4.40. The van der Waals surface area contributed by atoms with Crippen molar-refractivity contribution in [2.24, 2.45) is 0 Å². The molecule has 2 rings (SSSR count). The van der Waals surface area contributed by atoms with Crippen molar-refractivity contribution in [2.75, 3.05) is 7.05 Å². The van der Waals surface area contributed by atoms with Gasteiger partial charge in [-0.1, -0.05) is 56.5 Å². The number of benzene rings is 1. The Balaban J connectivity index is 2.47. The molecule has 0 radical (unpaired) electrons. The van der Waals surface area contributed by atoms with Gasteiger partial charge in [-0.3, -0.25) is 19.8 Å². The van der Waals surface area contributed by atoms with Gasteiger partial charge in [-0.15, -0.1) is 0 Å². The first-order valence-corrected chi connectivity index (χ1v) is 7.23. The Morgan fingerprint density at radius 2 is 1.76 bits per heavy atom. The van der Waals surface area contributed by atoms with Gasteiger partial charge >= 0.3 is 6.03 Å². The lowest BCUT2D eigenvalue weighted by molar-refractivity contribution is -0.145. The van der Waals surface area contributed by atoms with Crippen molar-refractivity contribution >= 4 is 17.8 Å². The number of rotatable bonds is 5. The minimum Gasteiger partial charge on any atom is -0.276 e. The van der Waals surface area contributed by atoms with Gasteiger partial charge in [0.2, 0.25) is 5.91 Å². The highest BCUT2D eigenvalue weighted by molar-refractivity contribution is 6.22. The maximum Gasteiger partial charge on any atom is 0.330 e. The maximum atomic E-state index is 12.7. The van der Waals surface area contributed by atoms with E-state index in [-0.39, 0.29) is 0 Å². The molecule has 4 amide bonds. The zero-order valence-corrected chi connectivity index (χ0v) is 12.4. The van der Waals surface area contributed by atoms with E-state index in [0.29, 0.717) is 12.0 Å². The lowest BCUT2D eigenvalue weighted by atomic mass is 9.73. The van der Waals surface area contributed by atoms with Crippen LogP contribution in [-0.2, 0) is 15.0 Å². The third-order valence-corrected chi connectivity index (χ3v) is 4.00. The number of urea groups is 1. The van der Waals surface area contributed by atoms with E-state index in [1.807, 2.05) is 6.07 Å². The Hall–Kier alpha value is -2.17. The van der Waals surface area contributed by atoms with Crippen LogP contribution < -0.4 is 5.32 Å². The fraction of sp³-hybridized carbons (Fsp3) is 0.438. The summed E-state index contributed by atoms with van der Waals surface area (Å²) < 4.78 is 0. The number of amides is 4. The molecule has 5 nitrogen and oxygen atoms in total. The number of nitrogens with one attached hydrogen (secondary N) is 1. The summed E-state index contributed by atoms with van der Waals surface area (Å²) >= 11 is 0. The summed E-state index contributed by atoms with van der Waals surface area (Å²) in [4.78, 5) is 37.8. The number of imide groups is 2. The standard InChI is InChI=1S/C16H20N2O3/c1-3-4-8-11-16(12-9-6-5-7-10-12)13(19)17-15(21)18(2)14(16)20/h5-7,9-10H,3-4,8,11H2,1-2H3,(H,17,19,21)/t16-/m1/s1. The highest BCUT2D eigenvalue weighted by Gasteiger charge is 2.53. The van der Waals surface area contributed by atoms with Crippen LogP contribution in [0.1, 0.15) is 38.2 Å². The van der Waals surface area contributed by atoms with E-state index in [4.69, 9.17) is 0 Å². The Morgan fingerprint density at radius 1 is 1.10 bits per heavy atom. The predicted molar refractivity (Wildman–Crippen MR) is 78.6 cm³/mol. The second-order valence-corrected chi connectivity index (χ2v) is 5.35. The average molecular weight is 288 g/mol. The number of barbiturate groups is 1. The SMILES string of the molecule is CCCCC[C@@]1(c2ccccc2)C(=O)NC(=O)N(C)C1=O. The molecule has 0 spiro atoms. The highest BCUT2D eigenvalue weighted by atomic mass is 16.2. The molecule has 0 aromatic heterocycles. The molecule has 0 saturated carbocycles. The van der Waals surface area contributed by atoms with Crippen molar-refractivity contribution in [3.8, 4) is 0 Å². The maximum absolute atomic E-state index is 12.7. The average Bonchev–Trinajstić information content (AvgIpc) is 2.50. The molecule has 1 fully saturated rings. The van der Waals surface area contributed by atoms with E-state index in [9.17, 15) is 14.4 Å². The molecule has 1 aromatic carbocycles. The number of likely N-dealkylation sites (N-methyl/N-ethyl adjacent to an activating group) is 1.